The molecule has 2 rings (SSSR count). The van der Waals surface area contributed by atoms with Gasteiger partial charge in [0.05, 0.1) is 0 Å². The molecule has 24 heavy (non-hydrogen) atoms. The van der Waals surface area contributed by atoms with Crippen molar-refractivity contribution in [1.82, 2.24) is 0 Å². The third kappa shape index (κ3) is 4.11. The van der Waals surface area contributed by atoms with E-state index in [1.807, 2.05) is 0 Å². The zero-order valence-corrected chi connectivity index (χ0v) is 16.1. The van der Waals surface area contributed by atoms with Gasteiger partial charge >= 0.3 is 0 Å². The lowest BCUT2D eigenvalue weighted by Crippen LogP contribution is -2.30. The van der Waals surface area contributed by atoms with Crippen molar-refractivity contribution in [3.63, 3.8) is 0 Å². The van der Waals surface area contributed by atoms with Crippen molar-refractivity contribution in [3.8, 4) is 11.1 Å². The van der Waals surface area contributed by atoms with E-state index in [9.17, 15) is 0 Å². The van der Waals surface area contributed by atoms with Crippen LogP contribution < -0.4 is 9.80 Å². The van der Waals surface area contributed by atoms with E-state index >= 15 is 0 Å². The van der Waals surface area contributed by atoms with E-state index in [1.165, 1.54) is 22.5 Å². The lowest BCUT2D eigenvalue weighted by Gasteiger charge is -2.28. The maximum absolute atomic E-state index is 2.41. The number of nitrogens with zero attached hydrogens (tertiary/aromatic N) is 2. The second-order valence-electron chi connectivity index (χ2n) is 6.85. The fourth-order valence-corrected chi connectivity index (χ4v) is 3.38. The van der Waals surface area contributed by atoms with Crippen LogP contribution in [0.5, 0.6) is 0 Å². The predicted octanol–water partition coefficient (Wildman–Crippen LogP) is 5.82. The summed E-state index contributed by atoms with van der Waals surface area (Å²) in [6, 6.07) is 18.9. The molecule has 0 amide bonds. The molecule has 130 valence electrons. The van der Waals surface area contributed by atoms with E-state index in [0.29, 0.717) is 12.1 Å². The Morgan fingerprint density at radius 3 is 1.08 bits per heavy atom. The first kappa shape index (κ1) is 18.4. The van der Waals surface area contributed by atoms with Gasteiger partial charge in [-0.15, -0.1) is 0 Å². The number of anilines is 2. The maximum atomic E-state index is 2.41. The molecular weight excluding hydrogens is 292 g/mol. The summed E-state index contributed by atoms with van der Waals surface area (Å²) in [6.07, 6.45) is 0. The van der Waals surface area contributed by atoms with Crippen LogP contribution in [0.1, 0.15) is 41.5 Å². The highest BCUT2D eigenvalue weighted by molar-refractivity contribution is 5.68. The average molecular weight is 325 g/mol. The van der Waals surface area contributed by atoms with Gasteiger partial charge in [-0.25, -0.2) is 0 Å². The molecule has 0 saturated carbocycles. The molecule has 2 aromatic carbocycles. The van der Waals surface area contributed by atoms with E-state index in [0.717, 1.165) is 13.1 Å². The Bertz CT molecular complexity index is 554. The van der Waals surface area contributed by atoms with Crippen LogP contribution in [-0.4, -0.2) is 25.2 Å². The van der Waals surface area contributed by atoms with Crippen molar-refractivity contribution in [3.05, 3.63) is 48.5 Å². The van der Waals surface area contributed by atoms with Crippen LogP contribution in [0.15, 0.2) is 48.5 Å². The highest BCUT2D eigenvalue weighted by Gasteiger charge is 2.10. The second kappa shape index (κ2) is 8.23. The van der Waals surface area contributed by atoms with Crippen LogP contribution in [0, 0.1) is 0 Å². The number of benzene rings is 2. The SMILES string of the molecule is CCN(c1ccc(-c2ccc(N(CC)C(C)C)cc2)cc1)C(C)C. The fourth-order valence-electron chi connectivity index (χ4n) is 3.38. The molecule has 0 saturated heterocycles. The smallest absolute Gasteiger partial charge is 0.0368 e. The quantitative estimate of drug-likeness (QED) is 0.633. The van der Waals surface area contributed by atoms with Crippen LogP contribution in [-0.2, 0) is 0 Å². The fraction of sp³-hybridized carbons (Fsp3) is 0.455. The van der Waals surface area contributed by atoms with Gasteiger partial charge < -0.3 is 9.80 Å². The van der Waals surface area contributed by atoms with Gasteiger partial charge in [-0.3, -0.25) is 0 Å². The first-order valence-electron chi connectivity index (χ1n) is 9.21. The molecule has 0 bridgehead atoms. The van der Waals surface area contributed by atoms with Crippen molar-refractivity contribution in [2.24, 2.45) is 0 Å². The maximum Gasteiger partial charge on any atom is 0.0368 e. The van der Waals surface area contributed by atoms with E-state index in [-0.39, 0.29) is 0 Å². The molecule has 0 aliphatic heterocycles. The van der Waals surface area contributed by atoms with Gasteiger partial charge in [0.1, 0.15) is 0 Å². The molecule has 2 nitrogen and oxygen atoms in total. The first-order valence-corrected chi connectivity index (χ1v) is 9.21. The predicted molar refractivity (Wildman–Crippen MR) is 108 cm³/mol. The molecule has 0 aromatic heterocycles. The third-order valence-electron chi connectivity index (χ3n) is 4.66. The lowest BCUT2D eigenvalue weighted by molar-refractivity contribution is 0.703. The minimum absolute atomic E-state index is 0.524. The number of rotatable bonds is 7. The van der Waals surface area contributed by atoms with Gasteiger partial charge in [0, 0.05) is 36.5 Å². The van der Waals surface area contributed by atoms with Crippen LogP contribution >= 0.6 is 0 Å². The Labute approximate surface area is 148 Å². The minimum Gasteiger partial charge on any atom is -0.369 e. The van der Waals surface area contributed by atoms with E-state index < -0.39 is 0 Å². The molecule has 0 radical (unpaired) electrons. The summed E-state index contributed by atoms with van der Waals surface area (Å²) >= 11 is 0. The molecule has 0 unspecified atom stereocenters. The average Bonchev–Trinajstić information content (AvgIpc) is 2.57. The van der Waals surface area contributed by atoms with E-state index in [4.69, 9.17) is 0 Å². The summed E-state index contributed by atoms with van der Waals surface area (Å²) < 4.78 is 0. The Balaban J connectivity index is 2.20. The van der Waals surface area contributed by atoms with Crippen LogP contribution in [0.4, 0.5) is 11.4 Å². The van der Waals surface area contributed by atoms with Crippen LogP contribution in [0.3, 0.4) is 0 Å². The summed E-state index contributed by atoms with van der Waals surface area (Å²) in [5.41, 5.74) is 5.14. The third-order valence-corrected chi connectivity index (χ3v) is 4.66. The zero-order chi connectivity index (χ0) is 17.7. The molecule has 2 aromatic rings. The Hall–Kier alpha value is -1.96. The molecule has 0 heterocycles. The molecule has 0 atom stereocenters. The number of hydrogen-bond acceptors (Lipinski definition) is 2. The normalized spacial score (nSPS) is 11.2. The molecule has 0 spiro atoms. The largest absolute Gasteiger partial charge is 0.369 e. The minimum atomic E-state index is 0.524. The summed E-state index contributed by atoms with van der Waals surface area (Å²) in [5, 5.41) is 0. The van der Waals surface area contributed by atoms with Crippen molar-refractivity contribution in [2.45, 2.75) is 53.6 Å². The standard InChI is InChI=1S/C22H32N2/c1-7-23(17(3)4)21-13-9-19(10-14-21)20-11-15-22(16-12-20)24(8-2)18(5)6/h9-18H,7-8H2,1-6H3. The Kier molecular flexibility index (Phi) is 6.30. The molecule has 0 fully saturated rings. The molecule has 0 N–H and O–H groups in total. The van der Waals surface area contributed by atoms with Crippen LogP contribution in [0.2, 0.25) is 0 Å². The van der Waals surface area contributed by atoms with Gasteiger partial charge in [0.25, 0.3) is 0 Å². The van der Waals surface area contributed by atoms with Crippen molar-refractivity contribution in [1.29, 1.82) is 0 Å². The summed E-state index contributed by atoms with van der Waals surface area (Å²) in [7, 11) is 0. The lowest BCUT2D eigenvalue weighted by atomic mass is 10.0. The number of hydrogen-bond donors (Lipinski definition) is 0. The van der Waals surface area contributed by atoms with Crippen LogP contribution in [0.25, 0.3) is 11.1 Å². The van der Waals surface area contributed by atoms with Gasteiger partial charge in [0.15, 0.2) is 0 Å². The van der Waals surface area contributed by atoms with Gasteiger partial charge in [-0.1, -0.05) is 24.3 Å². The highest BCUT2D eigenvalue weighted by Crippen LogP contribution is 2.27. The Morgan fingerprint density at radius 1 is 0.583 bits per heavy atom. The molecule has 0 aliphatic carbocycles. The topological polar surface area (TPSA) is 6.48 Å². The van der Waals surface area contributed by atoms with Crippen molar-refractivity contribution in [2.75, 3.05) is 22.9 Å². The first-order chi connectivity index (χ1) is 11.5. The Morgan fingerprint density at radius 2 is 0.875 bits per heavy atom. The van der Waals surface area contributed by atoms with E-state index in [2.05, 4.69) is 99.9 Å². The van der Waals surface area contributed by atoms with Gasteiger partial charge in [0.2, 0.25) is 0 Å². The summed E-state index contributed by atoms with van der Waals surface area (Å²) in [4.78, 5) is 4.82. The summed E-state index contributed by atoms with van der Waals surface area (Å²) in [6.45, 7) is 15.5. The van der Waals surface area contributed by atoms with Crippen molar-refractivity contribution < 1.29 is 0 Å². The molecule has 2 heteroatoms. The monoisotopic (exact) mass is 324 g/mol. The highest BCUT2D eigenvalue weighted by atomic mass is 15.1. The molecular formula is C22H32N2. The van der Waals surface area contributed by atoms with Gasteiger partial charge in [-0.2, -0.15) is 0 Å². The van der Waals surface area contributed by atoms with Crippen molar-refractivity contribution >= 4 is 11.4 Å². The molecule has 0 aliphatic rings. The second-order valence-corrected chi connectivity index (χ2v) is 6.85. The summed E-state index contributed by atoms with van der Waals surface area (Å²) in [5.74, 6) is 0. The van der Waals surface area contributed by atoms with Gasteiger partial charge in [-0.05, 0) is 76.9 Å². The zero-order valence-electron chi connectivity index (χ0n) is 16.1. The van der Waals surface area contributed by atoms with E-state index in [1.54, 1.807) is 0 Å².